The van der Waals surface area contributed by atoms with Gasteiger partial charge in [0.25, 0.3) is 0 Å². The third-order valence-electron chi connectivity index (χ3n) is 0.856. The molecule has 0 rings (SSSR count). The van der Waals surface area contributed by atoms with Gasteiger partial charge in [-0.05, 0) is 0 Å². The zero-order chi connectivity index (χ0) is 5.91. The van der Waals surface area contributed by atoms with Crippen LogP contribution in [-0.4, -0.2) is 47.9 Å². The molecule has 0 spiro atoms. The van der Waals surface area contributed by atoms with E-state index in [1.54, 1.807) is 13.8 Å². The Morgan fingerprint density at radius 3 is 1.38 bits per heavy atom. The first-order valence-corrected chi connectivity index (χ1v) is 2.34. The Morgan fingerprint density at radius 2 is 1.38 bits per heavy atom. The number of aliphatic hydroxyl groups excluding tert-OH is 2. The average Bonchev–Trinajstić information content (AvgIpc) is 1.68. The van der Waals surface area contributed by atoms with E-state index in [0.717, 1.165) is 0 Å². The average molecular weight is 229 g/mol. The van der Waals surface area contributed by atoms with Crippen LogP contribution in [0.15, 0.2) is 0 Å². The molecule has 0 saturated carbocycles. The fraction of sp³-hybridized carbons (Fsp3) is 1.00. The molecule has 0 amide bonds. The van der Waals surface area contributed by atoms with Crippen LogP contribution in [-0.2, 0) is 0 Å². The summed E-state index contributed by atoms with van der Waals surface area (Å²) < 4.78 is 0. The normalized spacial score (nSPS) is 10.5. The van der Waals surface area contributed by atoms with Gasteiger partial charge in [0.2, 0.25) is 0 Å². The van der Waals surface area contributed by atoms with Gasteiger partial charge in [-0.3, -0.25) is 0 Å². The second kappa shape index (κ2) is 4.60. The molecule has 0 saturated heterocycles. The Balaban J connectivity index is 0. The van der Waals surface area contributed by atoms with E-state index in [1.165, 1.54) is 0 Å². The Bertz CT molecular complexity index is 48.4. The number of rotatable bonds is 2. The van der Waals surface area contributed by atoms with Gasteiger partial charge in [0.05, 0.1) is 13.2 Å². The van der Waals surface area contributed by atoms with Crippen LogP contribution in [0.1, 0.15) is 13.8 Å². The second-order valence-electron chi connectivity index (χ2n) is 2.48. The number of aliphatic hydroxyl groups is 2. The van der Waals surface area contributed by atoms with Crippen molar-refractivity contribution >= 4 is 24.4 Å². The number of hydrogen-bond acceptors (Lipinski definition) is 2. The van der Waals surface area contributed by atoms with Gasteiger partial charge in [0.1, 0.15) is 0 Å². The molecule has 0 aromatic carbocycles. The number of hydrogen-bond donors (Lipinski definition) is 2. The first-order valence-electron chi connectivity index (χ1n) is 2.34. The van der Waals surface area contributed by atoms with Gasteiger partial charge >= 0.3 is 24.4 Å². The molecule has 3 heteroatoms. The van der Waals surface area contributed by atoms with Gasteiger partial charge in [-0.1, -0.05) is 13.8 Å². The molecule has 0 aliphatic carbocycles. The minimum absolute atomic E-state index is 0. The van der Waals surface area contributed by atoms with Gasteiger partial charge in [0, 0.05) is 5.41 Å². The fourth-order valence-corrected chi connectivity index (χ4v) is 0.0500. The molecule has 0 fully saturated rings. The molecule has 0 aliphatic rings. The topological polar surface area (TPSA) is 40.5 Å². The first kappa shape index (κ1) is 11.5. The van der Waals surface area contributed by atoms with E-state index < -0.39 is 0 Å². The Kier molecular flexibility index (Phi) is 6.63. The van der Waals surface area contributed by atoms with Crippen molar-refractivity contribution in [2.75, 3.05) is 13.2 Å². The molecule has 52 valence electrons. The van der Waals surface area contributed by atoms with Crippen molar-refractivity contribution < 1.29 is 10.2 Å². The van der Waals surface area contributed by atoms with Crippen LogP contribution in [0.25, 0.3) is 0 Å². The van der Waals surface area contributed by atoms with E-state index in [-0.39, 0.29) is 43.1 Å². The molecule has 2 N–H and O–H groups in total. The van der Waals surface area contributed by atoms with Crippen molar-refractivity contribution in [3.8, 4) is 0 Å². The molecule has 0 radical (unpaired) electrons. The maximum atomic E-state index is 8.43. The fourth-order valence-electron chi connectivity index (χ4n) is 0.0500. The predicted molar refractivity (Wildman–Crippen MR) is 37.9 cm³/mol. The zero-order valence-corrected chi connectivity index (χ0v) is 9.55. The van der Waals surface area contributed by atoms with Crippen molar-refractivity contribution in [1.29, 1.82) is 0 Å². The van der Waals surface area contributed by atoms with Crippen LogP contribution in [0, 0.1) is 5.41 Å². The molecule has 2 nitrogen and oxygen atoms in total. The van der Waals surface area contributed by atoms with Gasteiger partial charge in [-0.15, -0.1) is 0 Å². The van der Waals surface area contributed by atoms with Gasteiger partial charge < -0.3 is 10.2 Å². The van der Waals surface area contributed by atoms with Crippen molar-refractivity contribution in [2.24, 2.45) is 5.41 Å². The molecule has 0 bridgehead atoms. The van der Waals surface area contributed by atoms with Gasteiger partial charge in [-0.2, -0.15) is 0 Å². The van der Waals surface area contributed by atoms with Crippen LogP contribution in [0.5, 0.6) is 0 Å². The van der Waals surface area contributed by atoms with Crippen LogP contribution in [0.2, 0.25) is 0 Å². The summed E-state index contributed by atoms with van der Waals surface area (Å²) in [6.45, 7) is 3.69. The summed E-state index contributed by atoms with van der Waals surface area (Å²) in [7, 11) is 0. The summed E-state index contributed by atoms with van der Waals surface area (Å²) in [5.41, 5.74) is -0.306. The molecular weight excluding hydrogens is 214 g/mol. The van der Waals surface area contributed by atoms with E-state index in [4.69, 9.17) is 10.2 Å². The van der Waals surface area contributed by atoms with Crippen molar-refractivity contribution in [1.82, 2.24) is 0 Å². The third kappa shape index (κ3) is 4.89. The summed E-state index contributed by atoms with van der Waals surface area (Å²) >= 11 is 0. The van der Waals surface area contributed by atoms with Crippen LogP contribution >= 0.6 is 0 Å². The Labute approximate surface area is 67.4 Å². The molecule has 0 atom stereocenters. The summed E-state index contributed by atoms with van der Waals surface area (Å²) in [6, 6.07) is 0. The minimum atomic E-state index is -0.306. The monoisotopic (exact) mass is 228 g/mol. The predicted octanol–water partition coefficient (Wildman–Crippen LogP) is -1.19. The molecule has 0 heterocycles. The van der Waals surface area contributed by atoms with Crippen LogP contribution in [0.3, 0.4) is 0 Å². The summed E-state index contributed by atoms with van der Waals surface area (Å²) in [5.74, 6) is 0. The van der Waals surface area contributed by atoms with E-state index in [1.807, 2.05) is 0 Å². The summed E-state index contributed by atoms with van der Waals surface area (Å²) in [5, 5.41) is 16.9. The van der Waals surface area contributed by atoms with Crippen molar-refractivity contribution in [2.45, 2.75) is 13.8 Å². The van der Waals surface area contributed by atoms with E-state index >= 15 is 0 Å². The van der Waals surface area contributed by atoms with Gasteiger partial charge in [-0.25, -0.2) is 0 Å². The molecular formula is C5H15O2Sb. The third-order valence-corrected chi connectivity index (χ3v) is 0.856. The van der Waals surface area contributed by atoms with E-state index in [2.05, 4.69) is 0 Å². The molecule has 0 aliphatic heterocycles. The first-order chi connectivity index (χ1) is 3.12. The Hall–Kier alpha value is 0.738. The molecule has 0 aromatic heterocycles. The van der Waals surface area contributed by atoms with E-state index in [9.17, 15) is 0 Å². The van der Waals surface area contributed by atoms with E-state index in [0.29, 0.717) is 0 Å². The summed E-state index contributed by atoms with van der Waals surface area (Å²) in [6.07, 6.45) is 0. The zero-order valence-electron chi connectivity index (χ0n) is 5.52. The molecule has 0 aromatic rings. The van der Waals surface area contributed by atoms with Crippen LogP contribution in [0.4, 0.5) is 0 Å². The van der Waals surface area contributed by atoms with Crippen molar-refractivity contribution in [3.05, 3.63) is 0 Å². The van der Waals surface area contributed by atoms with Gasteiger partial charge in [0.15, 0.2) is 0 Å². The molecule has 8 heavy (non-hydrogen) atoms. The standard InChI is InChI=1S/C5H12O2.Sb.3H/c1-5(2,3-6)4-7;;;;/h6-7H,3-4H2,1-2H3;;;;. The quantitative estimate of drug-likeness (QED) is 0.584. The molecule has 0 unspecified atom stereocenters. The Morgan fingerprint density at radius 1 is 1.12 bits per heavy atom. The maximum absolute atomic E-state index is 8.43. The second-order valence-corrected chi connectivity index (χ2v) is 2.48. The summed E-state index contributed by atoms with van der Waals surface area (Å²) in [4.78, 5) is 0. The van der Waals surface area contributed by atoms with Crippen LogP contribution < -0.4 is 0 Å². The SMILES string of the molecule is CC(C)(CO)CO.[SbH3]. The van der Waals surface area contributed by atoms with Crippen molar-refractivity contribution in [3.63, 3.8) is 0 Å².